The Morgan fingerprint density at radius 2 is 1.80 bits per heavy atom. The highest BCUT2D eigenvalue weighted by Crippen LogP contribution is 2.19. The standard InChI is InChI=1S/C10H24N2O2S/c1-6-7-12(5)15(13,14)8-9(11)10(2,3)4/h9H,6-8,11H2,1-5H3. The number of sulfonamides is 1. The lowest BCUT2D eigenvalue weighted by Crippen LogP contribution is -2.44. The van der Waals surface area contributed by atoms with Crippen molar-refractivity contribution in [1.29, 1.82) is 0 Å². The van der Waals surface area contributed by atoms with Crippen molar-refractivity contribution in [2.45, 2.75) is 40.2 Å². The molecule has 0 bridgehead atoms. The maximum atomic E-state index is 11.8. The van der Waals surface area contributed by atoms with Gasteiger partial charge in [0.25, 0.3) is 0 Å². The van der Waals surface area contributed by atoms with Crippen LogP contribution in [0.25, 0.3) is 0 Å². The second kappa shape index (κ2) is 5.27. The molecule has 0 spiro atoms. The van der Waals surface area contributed by atoms with Gasteiger partial charge in [0.1, 0.15) is 0 Å². The van der Waals surface area contributed by atoms with Crippen LogP contribution in [-0.4, -0.2) is 38.1 Å². The van der Waals surface area contributed by atoms with Gasteiger partial charge in [-0.2, -0.15) is 0 Å². The Bertz CT molecular complexity index is 280. The first-order valence-corrected chi connectivity index (χ1v) is 6.91. The molecule has 1 atom stereocenters. The molecule has 0 aliphatic heterocycles. The summed E-state index contributed by atoms with van der Waals surface area (Å²) >= 11 is 0. The molecule has 0 fully saturated rings. The van der Waals surface area contributed by atoms with E-state index in [1.165, 1.54) is 4.31 Å². The Labute approximate surface area is 93.9 Å². The van der Waals surface area contributed by atoms with Gasteiger partial charge in [-0.25, -0.2) is 12.7 Å². The van der Waals surface area contributed by atoms with E-state index < -0.39 is 10.0 Å². The molecule has 0 radical (unpaired) electrons. The second-order valence-electron chi connectivity index (χ2n) is 5.07. The number of rotatable bonds is 5. The Kier molecular flexibility index (Phi) is 5.23. The van der Waals surface area contributed by atoms with Crippen molar-refractivity contribution in [3.8, 4) is 0 Å². The summed E-state index contributed by atoms with van der Waals surface area (Å²) in [6.07, 6.45) is 0.820. The molecule has 1 unspecified atom stereocenters. The fourth-order valence-corrected chi connectivity index (χ4v) is 2.73. The molecule has 0 aliphatic rings. The van der Waals surface area contributed by atoms with E-state index in [0.29, 0.717) is 6.54 Å². The summed E-state index contributed by atoms with van der Waals surface area (Å²) in [5.74, 6) is 0.0208. The van der Waals surface area contributed by atoms with Gasteiger partial charge in [-0.05, 0) is 11.8 Å². The van der Waals surface area contributed by atoms with Crippen LogP contribution >= 0.6 is 0 Å². The highest BCUT2D eigenvalue weighted by molar-refractivity contribution is 7.89. The average Bonchev–Trinajstić information content (AvgIpc) is 2.02. The molecule has 0 saturated heterocycles. The summed E-state index contributed by atoms with van der Waals surface area (Å²) in [4.78, 5) is 0. The van der Waals surface area contributed by atoms with Gasteiger partial charge in [0, 0.05) is 19.6 Å². The van der Waals surface area contributed by atoms with Crippen LogP contribution in [0.4, 0.5) is 0 Å². The largest absolute Gasteiger partial charge is 0.326 e. The van der Waals surface area contributed by atoms with E-state index in [0.717, 1.165) is 6.42 Å². The van der Waals surface area contributed by atoms with Gasteiger partial charge in [0.05, 0.1) is 5.75 Å². The van der Waals surface area contributed by atoms with Crippen LogP contribution in [0.3, 0.4) is 0 Å². The van der Waals surface area contributed by atoms with Crippen molar-refractivity contribution < 1.29 is 8.42 Å². The van der Waals surface area contributed by atoms with Crippen molar-refractivity contribution in [2.75, 3.05) is 19.3 Å². The van der Waals surface area contributed by atoms with Crippen LogP contribution in [0.2, 0.25) is 0 Å². The minimum absolute atomic E-state index is 0.0208. The number of nitrogens with zero attached hydrogens (tertiary/aromatic N) is 1. The van der Waals surface area contributed by atoms with Crippen LogP contribution in [0.1, 0.15) is 34.1 Å². The highest BCUT2D eigenvalue weighted by Gasteiger charge is 2.28. The smallest absolute Gasteiger partial charge is 0.215 e. The van der Waals surface area contributed by atoms with Gasteiger partial charge in [-0.1, -0.05) is 27.7 Å². The molecule has 0 aromatic rings. The lowest BCUT2D eigenvalue weighted by atomic mass is 9.89. The molecule has 0 aliphatic carbocycles. The van der Waals surface area contributed by atoms with Gasteiger partial charge >= 0.3 is 0 Å². The van der Waals surface area contributed by atoms with Crippen LogP contribution in [0.5, 0.6) is 0 Å². The average molecular weight is 236 g/mol. The lowest BCUT2D eigenvalue weighted by molar-refractivity contribution is 0.335. The van der Waals surface area contributed by atoms with Crippen molar-refractivity contribution in [2.24, 2.45) is 11.1 Å². The highest BCUT2D eigenvalue weighted by atomic mass is 32.2. The van der Waals surface area contributed by atoms with Gasteiger partial charge in [-0.15, -0.1) is 0 Å². The van der Waals surface area contributed by atoms with E-state index in [9.17, 15) is 8.42 Å². The SMILES string of the molecule is CCCN(C)S(=O)(=O)CC(N)C(C)(C)C. The molecule has 2 N–H and O–H groups in total. The quantitative estimate of drug-likeness (QED) is 0.775. The Hall–Kier alpha value is -0.130. The molecule has 0 aromatic heterocycles. The molecule has 5 heteroatoms. The minimum Gasteiger partial charge on any atom is -0.326 e. The Balaban J connectivity index is 4.52. The molecular weight excluding hydrogens is 212 g/mol. The van der Waals surface area contributed by atoms with Crippen LogP contribution in [0.15, 0.2) is 0 Å². The normalized spacial score (nSPS) is 15.7. The maximum Gasteiger partial charge on any atom is 0.215 e. The van der Waals surface area contributed by atoms with E-state index in [2.05, 4.69) is 0 Å². The molecule has 0 amide bonds. The number of hydrogen-bond acceptors (Lipinski definition) is 3. The predicted octanol–water partition coefficient (Wildman–Crippen LogP) is 1.03. The Morgan fingerprint density at radius 1 is 1.33 bits per heavy atom. The number of hydrogen-bond donors (Lipinski definition) is 1. The maximum absolute atomic E-state index is 11.8. The Morgan fingerprint density at radius 3 is 2.13 bits per heavy atom. The van der Waals surface area contributed by atoms with Crippen LogP contribution in [0, 0.1) is 5.41 Å². The third kappa shape index (κ3) is 4.95. The molecule has 0 aromatic carbocycles. The van der Waals surface area contributed by atoms with Gasteiger partial charge in [-0.3, -0.25) is 0 Å². The molecule has 0 saturated carbocycles. The predicted molar refractivity (Wildman–Crippen MR) is 64.1 cm³/mol. The zero-order chi connectivity index (χ0) is 12.3. The fraction of sp³-hybridized carbons (Fsp3) is 1.00. The topological polar surface area (TPSA) is 63.4 Å². The summed E-state index contributed by atoms with van der Waals surface area (Å²) in [5.41, 5.74) is 5.68. The third-order valence-corrected chi connectivity index (χ3v) is 4.43. The van der Waals surface area contributed by atoms with Crippen molar-refractivity contribution in [3.05, 3.63) is 0 Å². The van der Waals surface area contributed by atoms with E-state index in [-0.39, 0.29) is 17.2 Å². The summed E-state index contributed by atoms with van der Waals surface area (Å²) in [6, 6.07) is -0.332. The lowest BCUT2D eigenvalue weighted by Gasteiger charge is -2.28. The van der Waals surface area contributed by atoms with Gasteiger partial charge in [0.15, 0.2) is 0 Å². The van der Waals surface area contributed by atoms with Crippen molar-refractivity contribution >= 4 is 10.0 Å². The second-order valence-corrected chi connectivity index (χ2v) is 7.19. The first-order valence-electron chi connectivity index (χ1n) is 5.31. The van der Waals surface area contributed by atoms with E-state index >= 15 is 0 Å². The van der Waals surface area contributed by atoms with Gasteiger partial charge < -0.3 is 5.73 Å². The van der Waals surface area contributed by atoms with Crippen molar-refractivity contribution in [3.63, 3.8) is 0 Å². The van der Waals surface area contributed by atoms with Gasteiger partial charge in [0.2, 0.25) is 10.0 Å². The first-order chi connectivity index (χ1) is 6.61. The summed E-state index contributed by atoms with van der Waals surface area (Å²) in [7, 11) is -1.59. The molecule has 4 nitrogen and oxygen atoms in total. The summed E-state index contributed by atoms with van der Waals surface area (Å²) < 4.78 is 25.0. The fourth-order valence-electron chi connectivity index (χ4n) is 1.06. The molecular formula is C10H24N2O2S. The third-order valence-electron chi connectivity index (χ3n) is 2.52. The van der Waals surface area contributed by atoms with E-state index in [1.807, 2.05) is 27.7 Å². The zero-order valence-electron chi connectivity index (χ0n) is 10.4. The summed E-state index contributed by atoms with van der Waals surface area (Å²) in [5, 5.41) is 0. The van der Waals surface area contributed by atoms with E-state index in [4.69, 9.17) is 5.73 Å². The molecule has 15 heavy (non-hydrogen) atoms. The first kappa shape index (κ1) is 14.9. The number of nitrogens with two attached hydrogens (primary N) is 1. The van der Waals surface area contributed by atoms with Crippen LogP contribution < -0.4 is 5.73 Å². The minimum atomic E-state index is -3.20. The van der Waals surface area contributed by atoms with Crippen LogP contribution in [-0.2, 0) is 10.0 Å². The monoisotopic (exact) mass is 236 g/mol. The van der Waals surface area contributed by atoms with Crippen molar-refractivity contribution in [1.82, 2.24) is 4.31 Å². The molecule has 0 rings (SSSR count). The molecule has 0 heterocycles. The zero-order valence-corrected chi connectivity index (χ0v) is 11.3. The molecule has 92 valence electrons. The van der Waals surface area contributed by atoms with E-state index in [1.54, 1.807) is 7.05 Å². The summed E-state index contributed by atoms with van der Waals surface area (Å²) in [6.45, 7) is 8.36.